The van der Waals surface area contributed by atoms with Crippen LogP contribution in [0.2, 0.25) is 0 Å². The fourth-order valence-electron chi connectivity index (χ4n) is 2.84. The van der Waals surface area contributed by atoms with Crippen molar-refractivity contribution in [1.82, 2.24) is 0 Å². The molecule has 0 nitrogen and oxygen atoms in total. The molecule has 0 unspecified atom stereocenters. The van der Waals surface area contributed by atoms with E-state index in [4.69, 9.17) is 0 Å². The van der Waals surface area contributed by atoms with E-state index in [0.717, 1.165) is 17.8 Å². The summed E-state index contributed by atoms with van der Waals surface area (Å²) in [4.78, 5) is 0. The summed E-state index contributed by atoms with van der Waals surface area (Å²) in [6.45, 7) is 9.24. The van der Waals surface area contributed by atoms with Crippen LogP contribution in [0.5, 0.6) is 0 Å². The van der Waals surface area contributed by atoms with E-state index in [1.165, 1.54) is 44.9 Å². The third kappa shape index (κ3) is 6.99. The Balaban J connectivity index is 0.000000284. The first-order valence-corrected chi connectivity index (χ1v) is 7.30. The van der Waals surface area contributed by atoms with E-state index in [1.54, 1.807) is 5.92 Å². The minimum Gasteiger partial charge on any atom is -0.0625 e. The summed E-state index contributed by atoms with van der Waals surface area (Å²) < 4.78 is 0. The van der Waals surface area contributed by atoms with E-state index < -0.39 is 0 Å². The summed E-state index contributed by atoms with van der Waals surface area (Å²) in [5, 5.41) is 0. The molecule has 0 aromatic heterocycles. The van der Waals surface area contributed by atoms with Crippen molar-refractivity contribution in [2.75, 3.05) is 0 Å². The molecule has 2 aliphatic carbocycles. The summed E-state index contributed by atoms with van der Waals surface area (Å²) in [7, 11) is 0. The summed E-state index contributed by atoms with van der Waals surface area (Å²) >= 11 is 0. The normalized spacial score (nSPS) is 21.5. The van der Waals surface area contributed by atoms with Gasteiger partial charge in [0.15, 0.2) is 0 Å². The van der Waals surface area contributed by atoms with Gasteiger partial charge in [0.05, 0.1) is 0 Å². The largest absolute Gasteiger partial charge is 0.0625 e. The summed E-state index contributed by atoms with van der Waals surface area (Å²) in [5.74, 6) is 4.48. The third-order valence-corrected chi connectivity index (χ3v) is 4.16. The van der Waals surface area contributed by atoms with Gasteiger partial charge in [-0.2, -0.15) is 0 Å². The predicted octanol–water partition coefficient (Wildman–Crippen LogP) is 5.44. The zero-order valence-corrected chi connectivity index (χ0v) is 15.1. The first-order valence-electron chi connectivity index (χ1n) is 7.30. The van der Waals surface area contributed by atoms with Crippen molar-refractivity contribution in [2.45, 2.75) is 72.6 Å². The van der Waals surface area contributed by atoms with Gasteiger partial charge in [-0.15, -0.1) is 0 Å². The van der Waals surface area contributed by atoms with Crippen LogP contribution in [0.25, 0.3) is 0 Å². The summed E-state index contributed by atoms with van der Waals surface area (Å²) in [6.07, 6.45) is 12.4. The molecule has 0 bridgehead atoms. The molecule has 0 aromatic carbocycles. The molecule has 0 atom stereocenters. The standard InChI is InChI=1S/C8H16.C8H14.W/c2*1-7(2)8-5-3-4-6-8;/h7-8H,3-6H2,1-2H3;5,7H,3-4,6H2,1-2H3;. The Morgan fingerprint density at radius 2 is 1.59 bits per heavy atom. The van der Waals surface area contributed by atoms with E-state index >= 15 is 0 Å². The molecule has 0 spiro atoms. The molecular formula is C16H30W. The Morgan fingerprint density at radius 1 is 1.00 bits per heavy atom. The third-order valence-electron chi connectivity index (χ3n) is 4.16. The SMILES string of the molecule is CC(C)C1CCCC1.CC(C)[C]1[CH]CCC1.[W]. The van der Waals surface area contributed by atoms with E-state index in [2.05, 4.69) is 34.1 Å². The molecule has 100 valence electrons. The van der Waals surface area contributed by atoms with Gasteiger partial charge in [0.25, 0.3) is 0 Å². The molecule has 2 fully saturated rings. The molecule has 17 heavy (non-hydrogen) atoms. The van der Waals surface area contributed by atoms with E-state index in [1.807, 2.05) is 0 Å². The van der Waals surface area contributed by atoms with Crippen molar-refractivity contribution in [3.05, 3.63) is 12.3 Å². The molecule has 2 rings (SSSR count). The predicted molar refractivity (Wildman–Crippen MR) is 73.0 cm³/mol. The molecule has 0 amide bonds. The van der Waals surface area contributed by atoms with Gasteiger partial charge in [-0.05, 0) is 42.9 Å². The van der Waals surface area contributed by atoms with Crippen molar-refractivity contribution < 1.29 is 21.1 Å². The van der Waals surface area contributed by atoms with Crippen LogP contribution in [0.3, 0.4) is 0 Å². The Morgan fingerprint density at radius 3 is 1.82 bits per heavy atom. The second-order valence-corrected chi connectivity index (χ2v) is 6.11. The molecular weight excluding hydrogens is 376 g/mol. The second kappa shape index (κ2) is 9.60. The van der Waals surface area contributed by atoms with Crippen molar-refractivity contribution in [1.29, 1.82) is 0 Å². The average molecular weight is 406 g/mol. The number of rotatable bonds is 2. The Labute approximate surface area is 124 Å². The second-order valence-electron chi connectivity index (χ2n) is 6.11. The fraction of sp³-hybridized carbons (Fsp3) is 0.875. The van der Waals surface area contributed by atoms with Gasteiger partial charge >= 0.3 is 0 Å². The minimum absolute atomic E-state index is 0. The van der Waals surface area contributed by atoms with E-state index in [-0.39, 0.29) is 21.1 Å². The van der Waals surface area contributed by atoms with Crippen LogP contribution in [-0.4, -0.2) is 0 Å². The van der Waals surface area contributed by atoms with Crippen molar-refractivity contribution in [3.8, 4) is 0 Å². The topological polar surface area (TPSA) is 0 Å². The molecule has 0 saturated heterocycles. The maximum Gasteiger partial charge on any atom is 0 e. The summed E-state index contributed by atoms with van der Waals surface area (Å²) in [6, 6.07) is 0. The molecule has 0 aliphatic heterocycles. The van der Waals surface area contributed by atoms with Crippen LogP contribution >= 0.6 is 0 Å². The molecule has 2 aliphatic rings. The van der Waals surface area contributed by atoms with Gasteiger partial charge in [0, 0.05) is 21.1 Å². The first-order chi connectivity index (χ1) is 7.61. The maximum absolute atomic E-state index is 2.39. The van der Waals surface area contributed by atoms with Gasteiger partial charge in [0.2, 0.25) is 0 Å². The molecule has 0 N–H and O–H groups in total. The van der Waals surface area contributed by atoms with Crippen molar-refractivity contribution in [2.24, 2.45) is 17.8 Å². The number of hydrogen-bond acceptors (Lipinski definition) is 0. The van der Waals surface area contributed by atoms with E-state index in [9.17, 15) is 0 Å². The Bertz CT molecular complexity index is 142. The van der Waals surface area contributed by atoms with Crippen molar-refractivity contribution >= 4 is 0 Å². The van der Waals surface area contributed by atoms with Crippen LogP contribution in [-0.2, 0) is 21.1 Å². The minimum atomic E-state index is 0. The van der Waals surface area contributed by atoms with Crippen LogP contribution in [0, 0.1) is 30.1 Å². The maximum atomic E-state index is 2.39. The quantitative estimate of drug-likeness (QED) is 0.574. The zero-order valence-electron chi connectivity index (χ0n) is 12.2. The fourth-order valence-corrected chi connectivity index (χ4v) is 2.84. The molecule has 0 aromatic rings. The molecule has 2 saturated carbocycles. The van der Waals surface area contributed by atoms with Gasteiger partial charge in [-0.25, -0.2) is 0 Å². The van der Waals surface area contributed by atoms with Gasteiger partial charge in [-0.1, -0.05) is 59.8 Å². The number of hydrogen-bond donors (Lipinski definition) is 0. The van der Waals surface area contributed by atoms with Crippen LogP contribution < -0.4 is 0 Å². The molecule has 2 radical (unpaired) electrons. The van der Waals surface area contributed by atoms with E-state index in [0.29, 0.717) is 0 Å². The molecule has 1 heteroatoms. The Hall–Kier alpha value is 0.688. The first kappa shape index (κ1) is 17.7. The summed E-state index contributed by atoms with van der Waals surface area (Å²) in [5.41, 5.74) is 0. The van der Waals surface area contributed by atoms with Crippen LogP contribution in [0.1, 0.15) is 72.6 Å². The zero-order chi connectivity index (χ0) is 12.0. The van der Waals surface area contributed by atoms with Crippen molar-refractivity contribution in [3.63, 3.8) is 0 Å². The monoisotopic (exact) mass is 406 g/mol. The van der Waals surface area contributed by atoms with Gasteiger partial charge < -0.3 is 0 Å². The van der Waals surface area contributed by atoms with Gasteiger partial charge in [-0.3, -0.25) is 0 Å². The Kier molecular flexibility index (Phi) is 9.99. The average Bonchev–Trinajstić information content (AvgIpc) is 2.93. The van der Waals surface area contributed by atoms with Crippen LogP contribution in [0.4, 0.5) is 0 Å². The smallest absolute Gasteiger partial charge is 0 e. The van der Waals surface area contributed by atoms with Gasteiger partial charge in [0.1, 0.15) is 0 Å². The molecule has 0 heterocycles. The van der Waals surface area contributed by atoms with Crippen LogP contribution in [0.15, 0.2) is 0 Å².